The summed E-state index contributed by atoms with van der Waals surface area (Å²) in [4.78, 5) is 0. The lowest BCUT2D eigenvalue weighted by Gasteiger charge is -2.05. The molecular formula is C12H13N3OS. The van der Waals surface area contributed by atoms with Crippen LogP contribution in [0.4, 0.5) is 5.82 Å². The molecule has 0 atom stereocenters. The van der Waals surface area contributed by atoms with Gasteiger partial charge < -0.3 is 10.1 Å². The van der Waals surface area contributed by atoms with Gasteiger partial charge in [0.25, 0.3) is 0 Å². The van der Waals surface area contributed by atoms with Gasteiger partial charge >= 0.3 is 0 Å². The topological polar surface area (TPSA) is 49.9 Å². The number of rotatable bonds is 4. The predicted octanol–water partition coefficient (Wildman–Crippen LogP) is 2.76. The third-order valence-electron chi connectivity index (χ3n) is 2.31. The van der Waals surface area contributed by atoms with Gasteiger partial charge in [0.15, 0.2) is 0 Å². The molecule has 5 heteroatoms. The van der Waals surface area contributed by atoms with E-state index in [4.69, 9.17) is 17.0 Å². The summed E-state index contributed by atoms with van der Waals surface area (Å²) in [5.74, 6) is 1.63. The zero-order valence-corrected chi connectivity index (χ0v) is 10.3. The Bertz CT molecular complexity index is 516. The van der Waals surface area contributed by atoms with Crippen LogP contribution in [-0.2, 0) is 6.54 Å². The Morgan fingerprint density at radius 2 is 2.00 bits per heavy atom. The Kier molecular flexibility index (Phi) is 3.72. The minimum absolute atomic E-state index is 0.625. The van der Waals surface area contributed by atoms with E-state index in [1.165, 1.54) is 0 Å². The zero-order valence-electron chi connectivity index (χ0n) is 9.43. The summed E-state index contributed by atoms with van der Waals surface area (Å²) >= 11 is 4.92. The Balaban J connectivity index is 1.97. The van der Waals surface area contributed by atoms with Crippen molar-refractivity contribution in [2.75, 3.05) is 12.4 Å². The lowest BCUT2D eigenvalue weighted by molar-refractivity contribution is 0.414. The number of aromatic nitrogens is 2. The van der Waals surface area contributed by atoms with E-state index < -0.39 is 0 Å². The fraction of sp³-hybridized carbons (Fsp3) is 0.167. The number of ether oxygens (including phenoxy) is 1. The van der Waals surface area contributed by atoms with Crippen molar-refractivity contribution in [3.63, 3.8) is 0 Å². The monoisotopic (exact) mass is 247 g/mol. The van der Waals surface area contributed by atoms with E-state index >= 15 is 0 Å². The van der Waals surface area contributed by atoms with E-state index in [0.717, 1.165) is 17.1 Å². The number of nitrogens with one attached hydrogen (secondary N) is 2. The molecule has 0 radical (unpaired) electrons. The number of hydrogen-bond donors (Lipinski definition) is 2. The predicted molar refractivity (Wildman–Crippen MR) is 69.7 cm³/mol. The number of anilines is 1. The van der Waals surface area contributed by atoms with Gasteiger partial charge in [0, 0.05) is 6.54 Å². The Hall–Kier alpha value is -1.88. The van der Waals surface area contributed by atoms with Crippen LogP contribution in [0.15, 0.2) is 36.4 Å². The van der Waals surface area contributed by atoms with E-state index in [9.17, 15) is 0 Å². The minimum atomic E-state index is 0.625. The standard InChI is InChI=1S/C12H13N3OS/c1-16-10-4-2-9(3-5-10)8-13-11-6-7-12(17)15-14-11/h2-7H,8H2,1H3,(H,13,14)(H,15,17). The molecule has 0 unspecified atom stereocenters. The maximum absolute atomic E-state index is 5.10. The first-order valence-electron chi connectivity index (χ1n) is 5.20. The molecule has 0 bridgehead atoms. The molecular weight excluding hydrogens is 234 g/mol. The average Bonchev–Trinajstić information content (AvgIpc) is 2.39. The second kappa shape index (κ2) is 5.45. The quantitative estimate of drug-likeness (QED) is 0.816. The molecule has 0 saturated heterocycles. The number of H-pyrrole nitrogens is 1. The average molecular weight is 247 g/mol. The van der Waals surface area contributed by atoms with Crippen molar-refractivity contribution in [2.24, 2.45) is 0 Å². The van der Waals surface area contributed by atoms with Crippen LogP contribution in [0.5, 0.6) is 5.75 Å². The van der Waals surface area contributed by atoms with Gasteiger partial charge in [0.2, 0.25) is 0 Å². The fourth-order valence-electron chi connectivity index (χ4n) is 1.38. The highest BCUT2D eigenvalue weighted by Crippen LogP contribution is 2.12. The molecule has 1 aromatic carbocycles. The van der Waals surface area contributed by atoms with Gasteiger partial charge in [-0.05, 0) is 29.8 Å². The van der Waals surface area contributed by atoms with Crippen LogP contribution in [0.2, 0.25) is 0 Å². The highest BCUT2D eigenvalue weighted by atomic mass is 32.1. The van der Waals surface area contributed by atoms with Gasteiger partial charge in [0.05, 0.1) is 7.11 Å². The molecule has 1 heterocycles. The van der Waals surface area contributed by atoms with Gasteiger partial charge in [-0.25, -0.2) is 0 Å². The Labute approximate surface area is 105 Å². The van der Waals surface area contributed by atoms with Crippen LogP contribution >= 0.6 is 12.2 Å². The molecule has 2 N–H and O–H groups in total. The zero-order chi connectivity index (χ0) is 12.1. The molecule has 0 amide bonds. The molecule has 0 aliphatic heterocycles. The molecule has 0 fully saturated rings. The summed E-state index contributed by atoms with van der Waals surface area (Å²) in [5, 5.41) is 9.99. The Morgan fingerprint density at radius 3 is 2.59 bits per heavy atom. The normalized spacial score (nSPS) is 9.94. The molecule has 1 aromatic heterocycles. The molecule has 0 saturated carbocycles. The van der Waals surface area contributed by atoms with E-state index in [1.54, 1.807) is 13.2 Å². The van der Waals surface area contributed by atoms with Crippen LogP contribution in [-0.4, -0.2) is 17.3 Å². The maximum atomic E-state index is 5.10. The van der Waals surface area contributed by atoms with Gasteiger partial charge in [-0.15, -0.1) is 0 Å². The summed E-state index contributed by atoms with van der Waals surface area (Å²) in [5.41, 5.74) is 1.16. The summed E-state index contributed by atoms with van der Waals surface area (Å²) < 4.78 is 5.72. The van der Waals surface area contributed by atoms with Gasteiger partial charge in [-0.3, -0.25) is 5.10 Å². The SMILES string of the molecule is COc1ccc(CNc2ccc(=S)[nH]n2)cc1. The van der Waals surface area contributed by atoms with Crippen molar-refractivity contribution in [3.8, 4) is 5.75 Å². The molecule has 17 heavy (non-hydrogen) atoms. The third kappa shape index (κ3) is 3.29. The van der Waals surface area contributed by atoms with Crippen LogP contribution < -0.4 is 10.1 Å². The van der Waals surface area contributed by atoms with Crippen molar-refractivity contribution in [1.29, 1.82) is 0 Å². The first-order chi connectivity index (χ1) is 8.28. The van der Waals surface area contributed by atoms with E-state index in [0.29, 0.717) is 11.2 Å². The van der Waals surface area contributed by atoms with Gasteiger partial charge in [-0.1, -0.05) is 24.4 Å². The highest BCUT2D eigenvalue weighted by molar-refractivity contribution is 7.71. The second-order valence-electron chi connectivity index (χ2n) is 3.51. The third-order valence-corrected chi connectivity index (χ3v) is 2.54. The summed E-state index contributed by atoms with van der Waals surface area (Å²) in [6, 6.07) is 11.5. The molecule has 2 aromatic rings. The smallest absolute Gasteiger partial charge is 0.146 e. The van der Waals surface area contributed by atoms with Gasteiger partial charge in [-0.2, -0.15) is 5.10 Å². The number of hydrogen-bond acceptors (Lipinski definition) is 4. The number of benzene rings is 1. The summed E-state index contributed by atoms with van der Waals surface area (Å²) in [6.45, 7) is 0.710. The number of aromatic amines is 1. The Morgan fingerprint density at radius 1 is 1.24 bits per heavy atom. The van der Waals surface area contributed by atoms with Crippen molar-refractivity contribution in [1.82, 2.24) is 10.2 Å². The maximum Gasteiger partial charge on any atom is 0.146 e. The molecule has 4 nitrogen and oxygen atoms in total. The molecule has 2 rings (SSSR count). The largest absolute Gasteiger partial charge is 0.497 e. The van der Waals surface area contributed by atoms with E-state index in [2.05, 4.69) is 15.5 Å². The van der Waals surface area contributed by atoms with Crippen molar-refractivity contribution >= 4 is 18.0 Å². The van der Waals surface area contributed by atoms with Crippen molar-refractivity contribution in [3.05, 3.63) is 46.6 Å². The summed E-state index contributed by atoms with van der Waals surface area (Å²) in [7, 11) is 1.66. The molecule has 88 valence electrons. The van der Waals surface area contributed by atoms with Crippen LogP contribution in [0, 0.1) is 4.64 Å². The van der Waals surface area contributed by atoms with Crippen molar-refractivity contribution in [2.45, 2.75) is 6.54 Å². The van der Waals surface area contributed by atoms with Crippen LogP contribution in [0.3, 0.4) is 0 Å². The molecule has 0 aliphatic carbocycles. The minimum Gasteiger partial charge on any atom is -0.497 e. The van der Waals surface area contributed by atoms with E-state index in [1.807, 2.05) is 30.3 Å². The molecule has 0 aliphatic rings. The number of methoxy groups -OCH3 is 1. The highest BCUT2D eigenvalue weighted by Gasteiger charge is 1.95. The van der Waals surface area contributed by atoms with Crippen molar-refractivity contribution < 1.29 is 4.74 Å². The van der Waals surface area contributed by atoms with E-state index in [-0.39, 0.29) is 0 Å². The van der Waals surface area contributed by atoms with Crippen LogP contribution in [0.25, 0.3) is 0 Å². The first kappa shape index (κ1) is 11.6. The first-order valence-corrected chi connectivity index (χ1v) is 5.61. The lowest BCUT2D eigenvalue weighted by atomic mass is 10.2. The summed E-state index contributed by atoms with van der Waals surface area (Å²) in [6.07, 6.45) is 0. The number of nitrogens with zero attached hydrogens (tertiary/aromatic N) is 1. The van der Waals surface area contributed by atoms with Crippen LogP contribution in [0.1, 0.15) is 5.56 Å². The molecule has 0 spiro atoms. The van der Waals surface area contributed by atoms with Gasteiger partial charge in [0.1, 0.15) is 16.2 Å². The fourth-order valence-corrected chi connectivity index (χ4v) is 1.49. The lowest BCUT2D eigenvalue weighted by Crippen LogP contribution is -2.01. The second-order valence-corrected chi connectivity index (χ2v) is 3.95.